The van der Waals surface area contributed by atoms with E-state index >= 15 is 0 Å². The van der Waals surface area contributed by atoms with Crippen LogP contribution in [0.5, 0.6) is 0 Å². The summed E-state index contributed by atoms with van der Waals surface area (Å²) >= 11 is 0. The number of likely N-dealkylation sites (tertiary alicyclic amines) is 1. The first-order chi connectivity index (χ1) is 13.1. The zero-order valence-electron chi connectivity index (χ0n) is 16.2. The Morgan fingerprint density at radius 1 is 1.19 bits per heavy atom. The Morgan fingerprint density at radius 3 is 2.63 bits per heavy atom. The molecule has 0 spiro atoms. The van der Waals surface area contributed by atoms with Gasteiger partial charge in [0.1, 0.15) is 6.04 Å². The molecule has 0 aromatic heterocycles. The predicted octanol–water partition coefficient (Wildman–Crippen LogP) is 2.56. The molecule has 1 saturated carbocycles. The fourth-order valence-electron chi connectivity index (χ4n) is 4.71. The minimum atomic E-state index is -0.285. The second kappa shape index (κ2) is 7.63. The lowest BCUT2D eigenvalue weighted by Gasteiger charge is -2.39. The summed E-state index contributed by atoms with van der Waals surface area (Å²) in [6, 6.07) is 8.18. The molecular formula is C22H30N2O3. The zero-order chi connectivity index (χ0) is 18.9. The molecule has 27 heavy (non-hydrogen) atoms. The maximum Gasteiger partial charge on any atom is 0.242 e. The molecule has 1 aromatic carbocycles. The highest BCUT2D eigenvalue weighted by molar-refractivity contribution is 5.90. The van der Waals surface area contributed by atoms with E-state index in [1.807, 2.05) is 4.90 Å². The zero-order valence-corrected chi connectivity index (χ0v) is 16.2. The van der Waals surface area contributed by atoms with Crippen LogP contribution in [0.2, 0.25) is 0 Å². The van der Waals surface area contributed by atoms with Crippen LogP contribution in [0, 0.1) is 12.8 Å². The van der Waals surface area contributed by atoms with E-state index in [0.717, 1.165) is 58.3 Å². The van der Waals surface area contributed by atoms with Crippen LogP contribution in [-0.4, -0.2) is 49.1 Å². The number of rotatable bonds is 5. The van der Waals surface area contributed by atoms with Gasteiger partial charge in [0.05, 0.1) is 0 Å². The van der Waals surface area contributed by atoms with Crippen molar-refractivity contribution in [2.24, 2.45) is 5.92 Å². The van der Waals surface area contributed by atoms with Gasteiger partial charge in [-0.15, -0.1) is 0 Å². The van der Waals surface area contributed by atoms with Gasteiger partial charge >= 0.3 is 0 Å². The van der Waals surface area contributed by atoms with Gasteiger partial charge in [-0.3, -0.25) is 9.59 Å². The van der Waals surface area contributed by atoms with Crippen LogP contribution in [0.15, 0.2) is 24.3 Å². The Hall–Kier alpha value is -1.88. The molecule has 2 amide bonds. The highest BCUT2D eigenvalue weighted by Gasteiger charge is 2.42. The van der Waals surface area contributed by atoms with Crippen LogP contribution in [0.4, 0.5) is 0 Å². The summed E-state index contributed by atoms with van der Waals surface area (Å²) in [5, 5.41) is 3.22. The molecule has 2 aliphatic heterocycles. The van der Waals surface area contributed by atoms with Crippen LogP contribution in [-0.2, 0) is 19.7 Å². The number of aryl methyl sites for hydroxylation is 1. The Labute approximate surface area is 161 Å². The Balaban J connectivity index is 1.47. The third-order valence-electron chi connectivity index (χ3n) is 6.53. The van der Waals surface area contributed by atoms with Crippen molar-refractivity contribution >= 4 is 11.8 Å². The van der Waals surface area contributed by atoms with Gasteiger partial charge in [-0.05, 0) is 56.6 Å². The summed E-state index contributed by atoms with van der Waals surface area (Å²) in [7, 11) is 0. The molecule has 5 nitrogen and oxygen atoms in total. The molecule has 146 valence electrons. The number of nitrogens with zero attached hydrogens (tertiary/aromatic N) is 1. The van der Waals surface area contributed by atoms with Crippen molar-refractivity contribution in [3.8, 4) is 0 Å². The average molecular weight is 370 g/mol. The molecule has 0 unspecified atom stereocenters. The van der Waals surface area contributed by atoms with Gasteiger partial charge in [0.2, 0.25) is 11.8 Å². The van der Waals surface area contributed by atoms with Crippen LogP contribution in [0.3, 0.4) is 0 Å². The fourth-order valence-corrected chi connectivity index (χ4v) is 4.71. The van der Waals surface area contributed by atoms with E-state index in [1.165, 1.54) is 11.1 Å². The highest BCUT2D eigenvalue weighted by atomic mass is 16.5. The number of hydrogen-bond donors (Lipinski definition) is 1. The van der Waals surface area contributed by atoms with Crippen LogP contribution in [0.25, 0.3) is 0 Å². The lowest BCUT2D eigenvalue weighted by atomic mass is 9.72. The molecule has 2 saturated heterocycles. The maximum atomic E-state index is 13.0. The first-order valence-electron chi connectivity index (χ1n) is 10.3. The number of carbonyl (C=O) groups excluding carboxylic acids is 2. The monoisotopic (exact) mass is 370 g/mol. The van der Waals surface area contributed by atoms with Crippen LogP contribution >= 0.6 is 0 Å². The largest absolute Gasteiger partial charge is 0.381 e. The van der Waals surface area contributed by atoms with E-state index in [9.17, 15) is 9.59 Å². The summed E-state index contributed by atoms with van der Waals surface area (Å²) in [5.41, 5.74) is 2.49. The van der Waals surface area contributed by atoms with Crippen molar-refractivity contribution in [1.82, 2.24) is 10.2 Å². The van der Waals surface area contributed by atoms with Gasteiger partial charge in [0.15, 0.2) is 0 Å². The van der Waals surface area contributed by atoms with Crippen molar-refractivity contribution in [3.05, 3.63) is 35.4 Å². The van der Waals surface area contributed by atoms with E-state index in [-0.39, 0.29) is 29.2 Å². The molecule has 3 fully saturated rings. The molecule has 1 aromatic rings. The van der Waals surface area contributed by atoms with E-state index < -0.39 is 0 Å². The molecule has 0 radical (unpaired) electrons. The lowest BCUT2D eigenvalue weighted by Crippen LogP contribution is -2.51. The van der Waals surface area contributed by atoms with Crippen LogP contribution < -0.4 is 5.32 Å². The maximum absolute atomic E-state index is 13.0. The Bertz CT molecular complexity index is 707. The number of ether oxygens (including phenoxy) is 1. The molecule has 5 heteroatoms. The standard InChI is InChI=1S/C22H30N2O3/c1-16-5-2-3-6-18(16)22(10-13-27-14-11-22)15-23-20(25)19-7-4-12-24(19)21(26)17-8-9-17/h2-3,5-6,17,19H,4,7-15H2,1H3,(H,23,25)/t19-/m1/s1. The molecule has 1 aliphatic carbocycles. The highest BCUT2D eigenvalue weighted by Crippen LogP contribution is 2.37. The molecule has 4 rings (SSSR count). The minimum Gasteiger partial charge on any atom is -0.381 e. The van der Waals surface area contributed by atoms with Crippen molar-refractivity contribution in [1.29, 1.82) is 0 Å². The summed E-state index contributed by atoms with van der Waals surface area (Å²) in [6.45, 7) is 4.92. The summed E-state index contributed by atoms with van der Waals surface area (Å²) in [4.78, 5) is 27.3. The van der Waals surface area contributed by atoms with Gasteiger partial charge in [-0.2, -0.15) is 0 Å². The van der Waals surface area contributed by atoms with Gasteiger partial charge in [0.25, 0.3) is 0 Å². The number of hydrogen-bond acceptors (Lipinski definition) is 3. The molecular weight excluding hydrogens is 340 g/mol. The van der Waals surface area contributed by atoms with E-state index in [0.29, 0.717) is 6.54 Å². The SMILES string of the molecule is Cc1ccccc1C1(CNC(=O)[C@H]2CCCN2C(=O)C2CC2)CCOCC1. The summed E-state index contributed by atoms with van der Waals surface area (Å²) in [5.74, 6) is 0.375. The molecule has 1 N–H and O–H groups in total. The average Bonchev–Trinajstić information content (AvgIpc) is 3.43. The number of nitrogens with one attached hydrogen (secondary N) is 1. The topological polar surface area (TPSA) is 58.6 Å². The summed E-state index contributed by atoms with van der Waals surface area (Å²) < 4.78 is 5.61. The second-order valence-corrected chi connectivity index (χ2v) is 8.39. The van der Waals surface area contributed by atoms with E-state index in [4.69, 9.17) is 4.74 Å². The normalized spacial score (nSPS) is 24.6. The van der Waals surface area contributed by atoms with Gasteiger partial charge in [-0.1, -0.05) is 24.3 Å². The van der Waals surface area contributed by atoms with Gasteiger partial charge in [0, 0.05) is 37.6 Å². The fraction of sp³-hybridized carbons (Fsp3) is 0.636. The quantitative estimate of drug-likeness (QED) is 0.867. The lowest BCUT2D eigenvalue weighted by molar-refractivity contribution is -0.139. The first kappa shape index (κ1) is 18.5. The summed E-state index contributed by atoms with van der Waals surface area (Å²) in [6.07, 6.45) is 5.50. The van der Waals surface area contributed by atoms with Crippen molar-refractivity contribution in [2.45, 2.75) is 56.9 Å². The minimum absolute atomic E-state index is 0.0148. The Morgan fingerprint density at radius 2 is 1.93 bits per heavy atom. The third-order valence-corrected chi connectivity index (χ3v) is 6.53. The molecule has 1 atom stereocenters. The van der Waals surface area contributed by atoms with E-state index in [2.05, 4.69) is 36.5 Å². The third kappa shape index (κ3) is 3.75. The second-order valence-electron chi connectivity index (χ2n) is 8.39. The number of amides is 2. The van der Waals surface area contributed by atoms with E-state index in [1.54, 1.807) is 0 Å². The van der Waals surface area contributed by atoms with Crippen LogP contribution in [0.1, 0.15) is 49.7 Å². The molecule has 2 heterocycles. The van der Waals surface area contributed by atoms with Gasteiger partial charge < -0.3 is 15.0 Å². The first-order valence-corrected chi connectivity index (χ1v) is 10.3. The van der Waals surface area contributed by atoms with Crippen molar-refractivity contribution < 1.29 is 14.3 Å². The van der Waals surface area contributed by atoms with Gasteiger partial charge in [-0.25, -0.2) is 0 Å². The Kier molecular flexibility index (Phi) is 5.22. The molecule has 0 bridgehead atoms. The molecule has 3 aliphatic rings. The number of carbonyl (C=O) groups is 2. The predicted molar refractivity (Wildman–Crippen MR) is 103 cm³/mol. The smallest absolute Gasteiger partial charge is 0.242 e. The van der Waals surface area contributed by atoms with Crippen molar-refractivity contribution in [3.63, 3.8) is 0 Å². The van der Waals surface area contributed by atoms with Crippen molar-refractivity contribution in [2.75, 3.05) is 26.3 Å². The number of benzene rings is 1.